The van der Waals surface area contributed by atoms with E-state index in [9.17, 15) is 4.79 Å². The Kier molecular flexibility index (Phi) is 5.30. The van der Waals surface area contributed by atoms with Gasteiger partial charge in [0.1, 0.15) is 17.3 Å². The van der Waals surface area contributed by atoms with Crippen molar-refractivity contribution in [1.82, 2.24) is 15.3 Å². The van der Waals surface area contributed by atoms with E-state index in [1.165, 1.54) is 12.4 Å². The second-order valence-corrected chi connectivity index (χ2v) is 4.97. The minimum absolute atomic E-state index is 0.0603. The molecule has 1 aromatic heterocycles. The van der Waals surface area contributed by atoms with Crippen LogP contribution >= 0.6 is 0 Å². The van der Waals surface area contributed by atoms with Crippen molar-refractivity contribution >= 4 is 17.4 Å². The van der Waals surface area contributed by atoms with Crippen molar-refractivity contribution in [2.24, 2.45) is 0 Å². The summed E-state index contributed by atoms with van der Waals surface area (Å²) in [5.41, 5.74) is 1.09. The predicted molar refractivity (Wildman–Crippen MR) is 85.5 cm³/mol. The third-order valence-electron chi connectivity index (χ3n) is 2.75. The summed E-state index contributed by atoms with van der Waals surface area (Å²) in [6.07, 6.45) is 2.97. The number of hydrogen-bond donors (Lipinski definition) is 2. The highest BCUT2D eigenvalue weighted by Crippen LogP contribution is 2.26. The van der Waals surface area contributed by atoms with Crippen molar-refractivity contribution in [1.29, 1.82) is 0 Å². The van der Waals surface area contributed by atoms with Crippen molar-refractivity contribution in [3.05, 3.63) is 42.4 Å². The zero-order chi connectivity index (χ0) is 15.9. The van der Waals surface area contributed by atoms with Crippen molar-refractivity contribution < 1.29 is 9.53 Å². The SMILES string of the molecule is CCOc1ccccc1Nc1cnc(C(=O)NC(C)C)cn1. The largest absolute Gasteiger partial charge is 0.492 e. The first kappa shape index (κ1) is 15.8. The lowest BCUT2D eigenvalue weighted by Crippen LogP contribution is -2.30. The second-order valence-electron chi connectivity index (χ2n) is 4.97. The molecule has 1 aromatic carbocycles. The fourth-order valence-corrected chi connectivity index (χ4v) is 1.84. The molecule has 2 rings (SSSR count). The van der Waals surface area contributed by atoms with E-state index >= 15 is 0 Å². The van der Waals surface area contributed by atoms with Crippen LogP contribution in [0.25, 0.3) is 0 Å². The van der Waals surface area contributed by atoms with Gasteiger partial charge in [-0.15, -0.1) is 0 Å². The van der Waals surface area contributed by atoms with E-state index in [0.717, 1.165) is 11.4 Å². The van der Waals surface area contributed by atoms with Gasteiger partial charge in [0.05, 0.1) is 24.7 Å². The third kappa shape index (κ3) is 4.18. The van der Waals surface area contributed by atoms with Crippen LogP contribution in [0.5, 0.6) is 5.75 Å². The molecule has 0 unspecified atom stereocenters. The van der Waals surface area contributed by atoms with Gasteiger partial charge in [-0.2, -0.15) is 0 Å². The number of carbonyl (C=O) groups is 1. The Bertz CT molecular complexity index is 626. The minimum Gasteiger partial charge on any atom is -0.492 e. The van der Waals surface area contributed by atoms with Crippen LogP contribution in [-0.2, 0) is 0 Å². The second kappa shape index (κ2) is 7.40. The maximum atomic E-state index is 11.8. The summed E-state index contributed by atoms with van der Waals surface area (Å²) in [7, 11) is 0. The predicted octanol–water partition coefficient (Wildman–Crippen LogP) is 2.76. The first-order valence-electron chi connectivity index (χ1n) is 7.22. The number of ether oxygens (including phenoxy) is 1. The first-order chi connectivity index (χ1) is 10.6. The van der Waals surface area contributed by atoms with E-state index in [1.807, 2.05) is 45.0 Å². The summed E-state index contributed by atoms with van der Waals surface area (Å²) in [5, 5.41) is 5.91. The zero-order valence-electron chi connectivity index (χ0n) is 13.0. The Hall–Kier alpha value is -2.63. The lowest BCUT2D eigenvalue weighted by atomic mass is 10.3. The molecule has 0 atom stereocenters. The Balaban J connectivity index is 2.10. The Morgan fingerprint density at radius 3 is 2.64 bits per heavy atom. The molecule has 2 aromatic rings. The molecular formula is C16H20N4O2. The normalized spacial score (nSPS) is 10.4. The van der Waals surface area contributed by atoms with Gasteiger partial charge in [0.15, 0.2) is 0 Å². The van der Waals surface area contributed by atoms with Gasteiger partial charge in [-0.3, -0.25) is 4.79 Å². The van der Waals surface area contributed by atoms with Crippen molar-refractivity contribution in [2.75, 3.05) is 11.9 Å². The molecular weight excluding hydrogens is 280 g/mol. The smallest absolute Gasteiger partial charge is 0.271 e. The molecule has 0 aliphatic heterocycles. The number of carbonyl (C=O) groups excluding carboxylic acids is 1. The highest BCUT2D eigenvalue weighted by atomic mass is 16.5. The molecule has 0 saturated heterocycles. The van der Waals surface area contributed by atoms with Gasteiger partial charge in [-0.1, -0.05) is 12.1 Å². The highest BCUT2D eigenvalue weighted by Gasteiger charge is 2.09. The molecule has 6 nitrogen and oxygen atoms in total. The van der Waals surface area contributed by atoms with Crippen molar-refractivity contribution in [3.63, 3.8) is 0 Å². The van der Waals surface area contributed by atoms with E-state index in [4.69, 9.17) is 4.74 Å². The Morgan fingerprint density at radius 1 is 1.23 bits per heavy atom. The molecule has 0 fully saturated rings. The van der Waals surface area contributed by atoms with E-state index in [0.29, 0.717) is 12.4 Å². The first-order valence-corrected chi connectivity index (χ1v) is 7.22. The lowest BCUT2D eigenvalue weighted by molar-refractivity contribution is 0.0937. The summed E-state index contributed by atoms with van der Waals surface area (Å²) in [6, 6.07) is 7.64. The van der Waals surface area contributed by atoms with Crippen LogP contribution in [0.15, 0.2) is 36.7 Å². The van der Waals surface area contributed by atoms with Crippen LogP contribution in [-0.4, -0.2) is 28.5 Å². The molecule has 1 heterocycles. The molecule has 22 heavy (non-hydrogen) atoms. The number of nitrogens with zero attached hydrogens (tertiary/aromatic N) is 2. The number of nitrogens with one attached hydrogen (secondary N) is 2. The van der Waals surface area contributed by atoms with E-state index in [1.54, 1.807) is 0 Å². The Morgan fingerprint density at radius 2 is 2.00 bits per heavy atom. The number of para-hydroxylation sites is 2. The molecule has 1 amide bonds. The average molecular weight is 300 g/mol. The van der Waals surface area contributed by atoms with Gasteiger partial charge in [-0.05, 0) is 32.9 Å². The van der Waals surface area contributed by atoms with Crippen LogP contribution in [0.3, 0.4) is 0 Å². The van der Waals surface area contributed by atoms with Gasteiger partial charge < -0.3 is 15.4 Å². The molecule has 0 bridgehead atoms. The standard InChI is InChI=1S/C16H20N4O2/c1-4-22-14-8-6-5-7-12(14)20-15-10-17-13(9-18-15)16(21)19-11(2)3/h5-11H,4H2,1-3H3,(H,18,20)(H,19,21). The van der Waals surface area contributed by atoms with Crippen LogP contribution in [0.1, 0.15) is 31.3 Å². The molecule has 0 spiro atoms. The zero-order valence-corrected chi connectivity index (χ0v) is 13.0. The molecule has 2 N–H and O–H groups in total. The van der Waals surface area contributed by atoms with Crippen LogP contribution in [0.2, 0.25) is 0 Å². The van der Waals surface area contributed by atoms with E-state index in [-0.39, 0.29) is 17.6 Å². The molecule has 0 saturated carbocycles. The molecule has 0 aliphatic carbocycles. The van der Waals surface area contributed by atoms with Crippen LogP contribution in [0, 0.1) is 0 Å². The highest BCUT2D eigenvalue weighted by molar-refractivity contribution is 5.92. The van der Waals surface area contributed by atoms with Gasteiger partial charge in [0, 0.05) is 6.04 Å². The van der Waals surface area contributed by atoms with Crippen LogP contribution in [0.4, 0.5) is 11.5 Å². The van der Waals surface area contributed by atoms with E-state index < -0.39 is 0 Å². The molecule has 0 aliphatic rings. The molecule has 116 valence electrons. The summed E-state index contributed by atoms with van der Waals surface area (Å²) >= 11 is 0. The van der Waals surface area contributed by atoms with Gasteiger partial charge >= 0.3 is 0 Å². The monoisotopic (exact) mass is 300 g/mol. The number of hydrogen-bond acceptors (Lipinski definition) is 5. The van der Waals surface area contributed by atoms with Gasteiger partial charge in [0.25, 0.3) is 5.91 Å². The number of rotatable bonds is 6. The minimum atomic E-state index is -0.233. The lowest BCUT2D eigenvalue weighted by Gasteiger charge is -2.12. The van der Waals surface area contributed by atoms with E-state index in [2.05, 4.69) is 20.6 Å². The molecule has 6 heteroatoms. The fraction of sp³-hybridized carbons (Fsp3) is 0.312. The van der Waals surface area contributed by atoms with Crippen molar-refractivity contribution in [3.8, 4) is 5.75 Å². The maximum absolute atomic E-state index is 11.8. The Labute approximate surface area is 129 Å². The van der Waals surface area contributed by atoms with Gasteiger partial charge in [0.2, 0.25) is 0 Å². The number of amides is 1. The number of benzene rings is 1. The number of anilines is 2. The maximum Gasteiger partial charge on any atom is 0.271 e. The summed E-state index contributed by atoms with van der Waals surface area (Å²) < 4.78 is 5.54. The topological polar surface area (TPSA) is 76.1 Å². The molecule has 0 radical (unpaired) electrons. The summed E-state index contributed by atoms with van der Waals surface area (Å²) in [5.74, 6) is 1.06. The quantitative estimate of drug-likeness (QED) is 0.858. The number of aromatic nitrogens is 2. The average Bonchev–Trinajstić information content (AvgIpc) is 2.49. The van der Waals surface area contributed by atoms with Crippen molar-refractivity contribution in [2.45, 2.75) is 26.8 Å². The summed E-state index contributed by atoms with van der Waals surface area (Å²) in [4.78, 5) is 20.1. The van der Waals surface area contributed by atoms with Crippen LogP contribution < -0.4 is 15.4 Å². The third-order valence-corrected chi connectivity index (χ3v) is 2.75. The van der Waals surface area contributed by atoms with Gasteiger partial charge in [-0.25, -0.2) is 9.97 Å². The summed E-state index contributed by atoms with van der Waals surface area (Å²) in [6.45, 7) is 6.30. The fourth-order valence-electron chi connectivity index (χ4n) is 1.84.